The molecular weight excluding hydrogens is 323 g/mol. The SMILES string of the molecule is O=C(NCc1ccccc1OCCO)NC1CC1c1cccc(F)c1. The van der Waals surface area contributed by atoms with E-state index in [9.17, 15) is 9.18 Å². The number of halogens is 1. The summed E-state index contributed by atoms with van der Waals surface area (Å²) in [4.78, 5) is 12.1. The average molecular weight is 344 g/mol. The zero-order valence-electron chi connectivity index (χ0n) is 13.7. The fourth-order valence-electron chi connectivity index (χ4n) is 2.80. The minimum Gasteiger partial charge on any atom is -0.491 e. The van der Waals surface area contributed by atoms with Crippen molar-refractivity contribution in [1.29, 1.82) is 0 Å². The minimum atomic E-state index is -0.263. The van der Waals surface area contributed by atoms with Crippen molar-refractivity contribution >= 4 is 6.03 Å². The lowest BCUT2D eigenvalue weighted by Crippen LogP contribution is -2.37. The lowest BCUT2D eigenvalue weighted by atomic mass is 10.1. The van der Waals surface area contributed by atoms with E-state index in [-0.39, 0.29) is 37.0 Å². The van der Waals surface area contributed by atoms with Crippen molar-refractivity contribution in [2.45, 2.75) is 24.9 Å². The van der Waals surface area contributed by atoms with Crippen molar-refractivity contribution in [2.24, 2.45) is 0 Å². The summed E-state index contributed by atoms with van der Waals surface area (Å²) in [5, 5.41) is 14.6. The van der Waals surface area contributed by atoms with Gasteiger partial charge < -0.3 is 20.5 Å². The molecule has 2 atom stereocenters. The molecule has 2 amide bonds. The number of carbonyl (C=O) groups is 1. The standard InChI is InChI=1S/C19H21FN2O3/c20-15-6-3-5-13(10-15)16-11-17(16)22-19(24)21-12-14-4-1-2-7-18(14)25-9-8-23/h1-7,10,16-17,23H,8-9,11-12H2,(H2,21,22,24). The molecule has 0 bridgehead atoms. The molecule has 132 valence electrons. The normalized spacial score (nSPS) is 18.5. The highest BCUT2D eigenvalue weighted by molar-refractivity contribution is 5.75. The third kappa shape index (κ3) is 4.70. The summed E-state index contributed by atoms with van der Waals surface area (Å²) in [6.07, 6.45) is 0.813. The number of aliphatic hydroxyl groups excluding tert-OH is 1. The summed E-state index contributed by atoms with van der Waals surface area (Å²) < 4.78 is 18.7. The van der Waals surface area contributed by atoms with Crippen LogP contribution in [0.5, 0.6) is 5.75 Å². The first-order valence-corrected chi connectivity index (χ1v) is 8.29. The highest BCUT2D eigenvalue weighted by Crippen LogP contribution is 2.40. The molecule has 25 heavy (non-hydrogen) atoms. The Morgan fingerprint density at radius 3 is 2.88 bits per heavy atom. The number of amides is 2. The number of para-hydroxylation sites is 1. The van der Waals surface area contributed by atoms with Gasteiger partial charge in [0.2, 0.25) is 0 Å². The van der Waals surface area contributed by atoms with Crippen LogP contribution in [0, 0.1) is 5.82 Å². The van der Waals surface area contributed by atoms with E-state index < -0.39 is 0 Å². The van der Waals surface area contributed by atoms with Gasteiger partial charge in [0.05, 0.1) is 6.61 Å². The number of rotatable bonds is 7. The maximum atomic E-state index is 13.3. The van der Waals surface area contributed by atoms with Crippen LogP contribution >= 0.6 is 0 Å². The molecule has 2 unspecified atom stereocenters. The number of hydrogen-bond donors (Lipinski definition) is 3. The minimum absolute atomic E-state index is 0.0303. The number of nitrogens with one attached hydrogen (secondary N) is 2. The molecule has 1 aliphatic rings. The van der Waals surface area contributed by atoms with E-state index in [1.807, 2.05) is 24.3 Å². The monoisotopic (exact) mass is 344 g/mol. The second-order valence-electron chi connectivity index (χ2n) is 6.01. The highest BCUT2D eigenvalue weighted by Gasteiger charge is 2.39. The van der Waals surface area contributed by atoms with Crippen LogP contribution in [0.4, 0.5) is 9.18 Å². The first-order chi connectivity index (χ1) is 12.2. The first kappa shape index (κ1) is 17.2. The smallest absolute Gasteiger partial charge is 0.315 e. The molecule has 1 fully saturated rings. The van der Waals surface area contributed by atoms with E-state index in [4.69, 9.17) is 9.84 Å². The molecule has 0 radical (unpaired) electrons. The molecule has 1 saturated carbocycles. The third-order valence-corrected chi connectivity index (χ3v) is 4.14. The summed E-state index contributed by atoms with van der Waals surface area (Å²) in [6, 6.07) is 13.6. The van der Waals surface area contributed by atoms with E-state index in [0.29, 0.717) is 12.3 Å². The molecule has 3 N–H and O–H groups in total. The maximum Gasteiger partial charge on any atom is 0.315 e. The quantitative estimate of drug-likeness (QED) is 0.723. The first-order valence-electron chi connectivity index (χ1n) is 8.29. The van der Waals surface area contributed by atoms with Crippen molar-refractivity contribution in [3.05, 3.63) is 65.5 Å². The Kier molecular flexibility index (Phi) is 5.50. The molecule has 2 aromatic rings. The summed E-state index contributed by atoms with van der Waals surface area (Å²) in [5.74, 6) is 0.551. The van der Waals surface area contributed by atoms with Crippen LogP contribution in [0.25, 0.3) is 0 Å². The van der Waals surface area contributed by atoms with Crippen LogP contribution in [-0.4, -0.2) is 30.4 Å². The molecule has 5 nitrogen and oxygen atoms in total. The molecule has 6 heteroatoms. The number of hydrogen-bond acceptors (Lipinski definition) is 3. The van der Waals surface area contributed by atoms with Crippen LogP contribution in [-0.2, 0) is 6.54 Å². The third-order valence-electron chi connectivity index (χ3n) is 4.14. The zero-order valence-corrected chi connectivity index (χ0v) is 13.7. The Labute approximate surface area is 145 Å². The van der Waals surface area contributed by atoms with Crippen LogP contribution in [0.15, 0.2) is 48.5 Å². The van der Waals surface area contributed by atoms with E-state index in [1.165, 1.54) is 12.1 Å². The molecule has 0 heterocycles. The molecule has 0 aromatic heterocycles. The fourth-order valence-corrected chi connectivity index (χ4v) is 2.80. The van der Waals surface area contributed by atoms with Crippen molar-refractivity contribution < 1.29 is 19.0 Å². The Bertz CT molecular complexity index is 738. The predicted molar refractivity (Wildman–Crippen MR) is 91.9 cm³/mol. The topological polar surface area (TPSA) is 70.6 Å². The van der Waals surface area contributed by atoms with Crippen LogP contribution in [0.2, 0.25) is 0 Å². The van der Waals surface area contributed by atoms with Gasteiger partial charge in [-0.25, -0.2) is 9.18 Å². The summed E-state index contributed by atoms with van der Waals surface area (Å²) >= 11 is 0. The molecular formula is C19H21FN2O3. The summed E-state index contributed by atoms with van der Waals surface area (Å²) in [6.45, 7) is 0.469. The maximum absolute atomic E-state index is 13.3. The Morgan fingerprint density at radius 2 is 2.08 bits per heavy atom. The predicted octanol–water partition coefficient (Wildman–Crippen LogP) is 2.55. The average Bonchev–Trinajstić information content (AvgIpc) is 3.38. The lowest BCUT2D eigenvalue weighted by molar-refractivity contribution is 0.200. The number of aliphatic hydroxyl groups is 1. The number of carbonyl (C=O) groups excluding carboxylic acids is 1. The van der Waals surface area contributed by atoms with Crippen LogP contribution in [0.1, 0.15) is 23.5 Å². The van der Waals surface area contributed by atoms with Gasteiger partial charge in [-0.1, -0.05) is 30.3 Å². The Morgan fingerprint density at radius 1 is 1.24 bits per heavy atom. The molecule has 0 spiro atoms. The van der Waals surface area contributed by atoms with Crippen molar-refractivity contribution in [3.8, 4) is 5.75 Å². The molecule has 1 aliphatic carbocycles. The Hall–Kier alpha value is -2.60. The second-order valence-corrected chi connectivity index (χ2v) is 6.01. The Balaban J connectivity index is 1.48. The summed E-state index contributed by atoms with van der Waals surface area (Å²) in [7, 11) is 0. The van der Waals surface area contributed by atoms with Crippen molar-refractivity contribution in [2.75, 3.05) is 13.2 Å². The van der Waals surface area contributed by atoms with Gasteiger partial charge in [-0.2, -0.15) is 0 Å². The second kappa shape index (κ2) is 7.98. The number of ether oxygens (including phenoxy) is 1. The fraction of sp³-hybridized carbons (Fsp3) is 0.316. The van der Waals surface area contributed by atoms with E-state index >= 15 is 0 Å². The molecule has 0 aliphatic heterocycles. The lowest BCUT2D eigenvalue weighted by Gasteiger charge is -2.12. The zero-order chi connectivity index (χ0) is 17.6. The number of benzene rings is 2. The molecule has 2 aromatic carbocycles. The van der Waals surface area contributed by atoms with Crippen LogP contribution < -0.4 is 15.4 Å². The van der Waals surface area contributed by atoms with E-state index in [0.717, 1.165) is 17.5 Å². The molecule has 3 rings (SSSR count). The van der Waals surface area contributed by atoms with Gasteiger partial charge in [0.1, 0.15) is 18.2 Å². The molecule has 0 saturated heterocycles. The van der Waals surface area contributed by atoms with Crippen LogP contribution in [0.3, 0.4) is 0 Å². The van der Waals surface area contributed by atoms with Crippen molar-refractivity contribution in [3.63, 3.8) is 0 Å². The van der Waals surface area contributed by atoms with Gasteiger partial charge in [0, 0.05) is 24.1 Å². The van der Waals surface area contributed by atoms with Gasteiger partial charge in [-0.3, -0.25) is 0 Å². The van der Waals surface area contributed by atoms with Gasteiger partial charge in [0.15, 0.2) is 0 Å². The van der Waals surface area contributed by atoms with Gasteiger partial charge in [0.25, 0.3) is 0 Å². The number of urea groups is 1. The summed E-state index contributed by atoms with van der Waals surface area (Å²) in [5.41, 5.74) is 1.75. The van der Waals surface area contributed by atoms with Crippen molar-refractivity contribution in [1.82, 2.24) is 10.6 Å². The largest absolute Gasteiger partial charge is 0.491 e. The van der Waals surface area contributed by atoms with E-state index in [2.05, 4.69) is 10.6 Å². The van der Waals surface area contributed by atoms with E-state index in [1.54, 1.807) is 12.1 Å². The van der Waals surface area contributed by atoms with Gasteiger partial charge in [-0.15, -0.1) is 0 Å². The highest BCUT2D eigenvalue weighted by atomic mass is 19.1. The van der Waals surface area contributed by atoms with Gasteiger partial charge in [-0.05, 0) is 30.2 Å². The van der Waals surface area contributed by atoms with Gasteiger partial charge >= 0.3 is 6.03 Å².